The van der Waals surface area contributed by atoms with Crippen LogP contribution >= 0.6 is 11.6 Å². The lowest BCUT2D eigenvalue weighted by Gasteiger charge is -2.45. The van der Waals surface area contributed by atoms with Crippen LogP contribution in [0.25, 0.3) is 6.08 Å². The Hall–Kier alpha value is -2.53. The number of anilines is 1. The van der Waals surface area contributed by atoms with E-state index in [1.165, 1.54) is 6.07 Å². The van der Waals surface area contributed by atoms with Gasteiger partial charge in [0.2, 0.25) is 11.5 Å². The van der Waals surface area contributed by atoms with Crippen molar-refractivity contribution in [1.82, 2.24) is 0 Å². The lowest BCUT2D eigenvalue weighted by molar-refractivity contribution is -0.386. The number of likely N-dealkylation sites (N-methyl/N-ethyl adjacent to an activating group) is 1. The molecule has 0 fully saturated rings. The van der Waals surface area contributed by atoms with Crippen LogP contribution in [0.2, 0.25) is 5.02 Å². The van der Waals surface area contributed by atoms with Crippen molar-refractivity contribution in [2.24, 2.45) is 0 Å². The second kappa shape index (κ2) is 4.99. The highest BCUT2D eigenvalue weighted by Gasteiger charge is 2.58. The summed E-state index contributed by atoms with van der Waals surface area (Å²) in [6, 6.07) is 11.1. The first kappa shape index (κ1) is 16.0. The number of benzene rings is 2. The predicted molar refractivity (Wildman–Crippen MR) is 98.4 cm³/mol. The van der Waals surface area contributed by atoms with E-state index in [2.05, 4.69) is 19.9 Å². The van der Waals surface area contributed by atoms with Crippen LogP contribution in [0, 0.1) is 10.1 Å². The van der Waals surface area contributed by atoms with Crippen LogP contribution in [0.5, 0.6) is 5.75 Å². The number of para-hydroxylation sites is 1. The molecule has 0 saturated heterocycles. The van der Waals surface area contributed by atoms with E-state index in [9.17, 15) is 10.1 Å². The Balaban J connectivity index is 1.93. The molecule has 2 aliphatic heterocycles. The molecule has 0 aromatic heterocycles. The summed E-state index contributed by atoms with van der Waals surface area (Å²) in [4.78, 5) is 13.1. The molecule has 2 aliphatic rings. The van der Waals surface area contributed by atoms with Gasteiger partial charge in [0, 0.05) is 29.4 Å². The summed E-state index contributed by atoms with van der Waals surface area (Å²) in [5.74, 6) is 0.254. The maximum atomic E-state index is 11.5. The maximum Gasteiger partial charge on any atom is 0.313 e. The number of rotatable bonds is 1. The number of nitro benzene ring substituents is 1. The van der Waals surface area contributed by atoms with Crippen LogP contribution in [-0.4, -0.2) is 17.7 Å². The molecule has 0 unspecified atom stereocenters. The molecule has 0 N–H and O–H groups in total. The van der Waals surface area contributed by atoms with Gasteiger partial charge in [0.15, 0.2) is 0 Å². The largest absolute Gasteiger partial charge is 0.456 e. The van der Waals surface area contributed by atoms with Gasteiger partial charge in [0.1, 0.15) is 0 Å². The Morgan fingerprint density at radius 2 is 1.96 bits per heavy atom. The van der Waals surface area contributed by atoms with Gasteiger partial charge < -0.3 is 9.64 Å². The van der Waals surface area contributed by atoms with E-state index < -0.39 is 16.1 Å². The highest BCUT2D eigenvalue weighted by atomic mass is 35.5. The summed E-state index contributed by atoms with van der Waals surface area (Å²) in [5.41, 5.74) is 1.44. The van der Waals surface area contributed by atoms with Gasteiger partial charge in [-0.15, -0.1) is 0 Å². The zero-order valence-electron chi connectivity index (χ0n) is 14.1. The lowest BCUT2D eigenvalue weighted by Crippen LogP contribution is -2.58. The van der Waals surface area contributed by atoms with Crippen molar-refractivity contribution in [2.75, 3.05) is 11.9 Å². The van der Waals surface area contributed by atoms with E-state index in [4.69, 9.17) is 16.3 Å². The fourth-order valence-corrected chi connectivity index (χ4v) is 4.19. The Kier molecular flexibility index (Phi) is 3.19. The standard InChI is InChI=1S/C19H17ClN2O3/c1-18(2)14-6-4-5-7-15(14)21(3)19(18)9-8-12-10-13(20)11-16(22(23)24)17(12)25-19/h4-11H,1-3H3/t19-/m0/s1. The summed E-state index contributed by atoms with van der Waals surface area (Å²) in [6.07, 6.45) is 3.83. The molecule has 0 aliphatic carbocycles. The van der Waals surface area contributed by atoms with Gasteiger partial charge in [-0.1, -0.05) is 29.8 Å². The fraction of sp³-hybridized carbons (Fsp3) is 0.263. The molecule has 1 spiro atoms. The van der Waals surface area contributed by atoms with Gasteiger partial charge in [-0.3, -0.25) is 10.1 Å². The van der Waals surface area contributed by atoms with E-state index in [1.807, 2.05) is 42.3 Å². The van der Waals surface area contributed by atoms with E-state index in [0.717, 1.165) is 11.3 Å². The number of halogens is 1. The first-order chi connectivity index (χ1) is 11.8. The molecule has 4 rings (SSSR count). The molecule has 128 valence electrons. The van der Waals surface area contributed by atoms with Crippen LogP contribution in [-0.2, 0) is 5.41 Å². The number of nitrogens with zero attached hydrogens (tertiary/aromatic N) is 2. The maximum absolute atomic E-state index is 11.5. The van der Waals surface area contributed by atoms with Gasteiger partial charge in [0.25, 0.3) is 0 Å². The van der Waals surface area contributed by atoms with Crippen molar-refractivity contribution in [3.05, 3.63) is 68.7 Å². The average molecular weight is 357 g/mol. The van der Waals surface area contributed by atoms with Crippen LogP contribution in [0.1, 0.15) is 25.0 Å². The number of hydrogen-bond acceptors (Lipinski definition) is 4. The van der Waals surface area contributed by atoms with Crippen LogP contribution in [0.15, 0.2) is 42.5 Å². The van der Waals surface area contributed by atoms with Crippen molar-refractivity contribution in [3.8, 4) is 5.75 Å². The first-order valence-corrected chi connectivity index (χ1v) is 8.35. The van der Waals surface area contributed by atoms with Gasteiger partial charge in [0.05, 0.1) is 10.3 Å². The third kappa shape index (κ3) is 1.96. The summed E-state index contributed by atoms with van der Waals surface area (Å²) in [7, 11) is 1.95. The number of fused-ring (bicyclic) bond motifs is 2. The SMILES string of the molecule is CN1c2ccccc2C(C)(C)[C@@]12C=Cc1cc(Cl)cc([N+](=O)[O-])c1O2. The van der Waals surface area contributed by atoms with E-state index in [0.29, 0.717) is 10.6 Å². The third-order valence-corrected chi connectivity index (χ3v) is 5.56. The van der Waals surface area contributed by atoms with E-state index >= 15 is 0 Å². The topological polar surface area (TPSA) is 55.6 Å². The molecule has 0 amide bonds. The van der Waals surface area contributed by atoms with Gasteiger partial charge in [-0.05, 0) is 43.7 Å². The number of ether oxygens (including phenoxy) is 1. The van der Waals surface area contributed by atoms with E-state index in [-0.39, 0.29) is 11.4 Å². The fourth-order valence-electron chi connectivity index (χ4n) is 3.96. The second-order valence-electron chi connectivity index (χ2n) is 6.93. The Bertz CT molecular complexity index is 938. The normalized spacial score (nSPS) is 22.5. The highest BCUT2D eigenvalue weighted by Crippen LogP contribution is 2.55. The minimum absolute atomic E-state index is 0.119. The van der Waals surface area contributed by atoms with Gasteiger partial charge in [-0.25, -0.2) is 0 Å². The van der Waals surface area contributed by atoms with Gasteiger partial charge >= 0.3 is 5.69 Å². The third-order valence-electron chi connectivity index (χ3n) is 5.34. The minimum Gasteiger partial charge on any atom is -0.456 e. The van der Waals surface area contributed by atoms with Crippen molar-refractivity contribution in [2.45, 2.75) is 25.0 Å². The molecule has 1 atom stereocenters. The van der Waals surface area contributed by atoms with Crippen molar-refractivity contribution in [1.29, 1.82) is 0 Å². The van der Waals surface area contributed by atoms with Crippen molar-refractivity contribution < 1.29 is 9.66 Å². The monoisotopic (exact) mass is 356 g/mol. The van der Waals surface area contributed by atoms with E-state index in [1.54, 1.807) is 6.07 Å². The molecule has 2 heterocycles. The summed E-state index contributed by atoms with van der Waals surface area (Å²) in [6.45, 7) is 4.18. The summed E-state index contributed by atoms with van der Waals surface area (Å²) >= 11 is 6.03. The Morgan fingerprint density at radius 3 is 2.64 bits per heavy atom. The quantitative estimate of drug-likeness (QED) is 0.545. The van der Waals surface area contributed by atoms with Gasteiger partial charge in [-0.2, -0.15) is 0 Å². The Morgan fingerprint density at radius 1 is 1.24 bits per heavy atom. The molecule has 2 aromatic rings. The van der Waals surface area contributed by atoms with Crippen LogP contribution in [0.4, 0.5) is 11.4 Å². The Labute approximate surface area is 150 Å². The highest BCUT2D eigenvalue weighted by molar-refractivity contribution is 6.31. The second-order valence-corrected chi connectivity index (χ2v) is 7.37. The van der Waals surface area contributed by atoms with Crippen LogP contribution < -0.4 is 9.64 Å². The number of hydrogen-bond donors (Lipinski definition) is 0. The molecular weight excluding hydrogens is 340 g/mol. The van der Waals surface area contributed by atoms with Crippen LogP contribution in [0.3, 0.4) is 0 Å². The zero-order chi connectivity index (χ0) is 18.0. The van der Waals surface area contributed by atoms with Crippen molar-refractivity contribution >= 4 is 29.1 Å². The zero-order valence-corrected chi connectivity index (χ0v) is 14.9. The first-order valence-electron chi connectivity index (χ1n) is 7.97. The molecule has 25 heavy (non-hydrogen) atoms. The lowest BCUT2D eigenvalue weighted by atomic mass is 9.76. The molecular formula is C19H17ClN2O3. The summed E-state index contributed by atoms with van der Waals surface area (Å²) < 4.78 is 6.38. The molecule has 0 saturated carbocycles. The molecule has 0 bridgehead atoms. The number of nitro groups is 1. The molecule has 0 radical (unpaired) electrons. The smallest absolute Gasteiger partial charge is 0.313 e. The predicted octanol–water partition coefficient (Wildman–Crippen LogP) is 4.78. The van der Waals surface area contributed by atoms with Crippen molar-refractivity contribution in [3.63, 3.8) is 0 Å². The summed E-state index contributed by atoms with van der Waals surface area (Å²) in [5, 5.41) is 11.8. The molecule has 2 aromatic carbocycles. The average Bonchev–Trinajstić information content (AvgIpc) is 2.74. The molecule has 6 heteroatoms. The minimum atomic E-state index is -0.845. The molecule has 5 nitrogen and oxygen atoms in total.